The van der Waals surface area contributed by atoms with E-state index in [4.69, 9.17) is 0 Å². The van der Waals surface area contributed by atoms with E-state index >= 15 is 0 Å². The molecule has 0 aromatic heterocycles. The van der Waals surface area contributed by atoms with Gasteiger partial charge in [-0.05, 0) is 12.1 Å². The predicted molar refractivity (Wildman–Crippen MR) is 50.9 cm³/mol. The third-order valence-electron chi connectivity index (χ3n) is 1.74. The van der Waals surface area contributed by atoms with Gasteiger partial charge in [0, 0.05) is 6.07 Å². The molecule has 0 heterocycles. The molecule has 18 heavy (non-hydrogen) atoms. The Morgan fingerprint density at radius 3 is 2.56 bits per heavy atom. The van der Waals surface area contributed by atoms with E-state index in [9.17, 15) is 26.7 Å². The molecule has 0 aliphatic rings. The highest BCUT2D eigenvalue weighted by Crippen LogP contribution is 2.17. The van der Waals surface area contributed by atoms with Crippen molar-refractivity contribution in [3.63, 3.8) is 0 Å². The number of carbonyl (C=O) groups excluding carboxylic acids is 1. The summed E-state index contributed by atoms with van der Waals surface area (Å²) in [4.78, 5) is 10.9. The van der Waals surface area contributed by atoms with Gasteiger partial charge in [-0.25, -0.2) is 8.78 Å². The maximum Gasteiger partial charge on any atom is 0.405 e. The van der Waals surface area contributed by atoms with Gasteiger partial charge in [-0.15, -0.1) is 0 Å². The summed E-state index contributed by atoms with van der Waals surface area (Å²) in [6.07, 6.45) is -4.54. The van der Waals surface area contributed by atoms with Gasteiger partial charge in [0.2, 0.25) is 0 Å². The average molecular weight is 269 g/mol. The number of alkyl halides is 3. The van der Waals surface area contributed by atoms with Gasteiger partial charge >= 0.3 is 6.18 Å². The number of ether oxygens (including phenoxy) is 1. The lowest BCUT2D eigenvalue weighted by atomic mass is 10.3. The molecule has 1 rings (SSSR count). The van der Waals surface area contributed by atoms with Crippen LogP contribution in [-0.4, -0.2) is 25.2 Å². The Morgan fingerprint density at radius 2 is 1.94 bits per heavy atom. The second kappa shape index (κ2) is 5.65. The number of halogens is 5. The van der Waals surface area contributed by atoms with Gasteiger partial charge in [-0.1, -0.05) is 0 Å². The quantitative estimate of drug-likeness (QED) is 0.849. The van der Waals surface area contributed by atoms with Crippen LogP contribution < -0.4 is 10.1 Å². The minimum Gasteiger partial charge on any atom is -0.481 e. The second-order valence-corrected chi connectivity index (χ2v) is 3.26. The molecular weight excluding hydrogens is 261 g/mol. The van der Waals surface area contributed by atoms with Gasteiger partial charge in [-0.3, -0.25) is 4.79 Å². The highest BCUT2D eigenvalue weighted by atomic mass is 19.4. The number of carbonyl (C=O) groups is 1. The van der Waals surface area contributed by atoms with Crippen LogP contribution >= 0.6 is 0 Å². The smallest absolute Gasteiger partial charge is 0.405 e. The summed E-state index contributed by atoms with van der Waals surface area (Å²) in [6.45, 7) is -2.35. The molecule has 1 amide bonds. The molecule has 0 bridgehead atoms. The number of hydrogen-bond donors (Lipinski definition) is 1. The largest absolute Gasteiger partial charge is 0.481 e. The molecule has 0 saturated carbocycles. The lowest BCUT2D eigenvalue weighted by Gasteiger charge is -2.09. The van der Waals surface area contributed by atoms with Crippen LogP contribution in [0.3, 0.4) is 0 Å². The highest BCUT2D eigenvalue weighted by Gasteiger charge is 2.27. The maximum absolute atomic E-state index is 13.0. The van der Waals surface area contributed by atoms with E-state index in [0.717, 1.165) is 12.1 Å². The minimum absolute atomic E-state index is 0.544. The van der Waals surface area contributed by atoms with E-state index in [-0.39, 0.29) is 0 Å². The van der Waals surface area contributed by atoms with Crippen LogP contribution in [-0.2, 0) is 4.79 Å². The normalized spacial score (nSPS) is 11.2. The van der Waals surface area contributed by atoms with E-state index in [2.05, 4.69) is 4.74 Å². The fourth-order valence-electron chi connectivity index (χ4n) is 0.981. The van der Waals surface area contributed by atoms with Crippen molar-refractivity contribution in [2.45, 2.75) is 6.18 Å². The van der Waals surface area contributed by atoms with E-state index in [1.165, 1.54) is 5.32 Å². The first-order chi connectivity index (χ1) is 8.28. The number of hydrogen-bond acceptors (Lipinski definition) is 2. The molecule has 0 fully saturated rings. The van der Waals surface area contributed by atoms with Crippen LogP contribution in [0.4, 0.5) is 22.0 Å². The molecule has 100 valence electrons. The van der Waals surface area contributed by atoms with Crippen LogP contribution in [0, 0.1) is 11.6 Å². The third-order valence-corrected chi connectivity index (χ3v) is 1.74. The SMILES string of the molecule is O=C(COc1cc(F)ccc1F)NCC(F)(F)F. The summed E-state index contributed by atoms with van der Waals surface area (Å²) in [6, 6.07) is 2.30. The first-order valence-corrected chi connectivity index (χ1v) is 4.69. The second-order valence-electron chi connectivity index (χ2n) is 3.26. The highest BCUT2D eigenvalue weighted by molar-refractivity contribution is 5.77. The van der Waals surface area contributed by atoms with Crippen LogP contribution in [0.1, 0.15) is 0 Å². The zero-order chi connectivity index (χ0) is 13.8. The maximum atomic E-state index is 13.0. The molecule has 8 heteroatoms. The Morgan fingerprint density at radius 1 is 1.28 bits per heavy atom. The fourth-order valence-corrected chi connectivity index (χ4v) is 0.981. The van der Waals surface area contributed by atoms with Crippen molar-refractivity contribution in [1.29, 1.82) is 0 Å². The van der Waals surface area contributed by atoms with Crippen molar-refractivity contribution < 1.29 is 31.5 Å². The van der Waals surface area contributed by atoms with E-state index in [0.29, 0.717) is 6.07 Å². The molecule has 1 aromatic carbocycles. The molecule has 0 aliphatic heterocycles. The summed E-state index contributed by atoms with van der Waals surface area (Å²) in [5.74, 6) is -3.34. The summed E-state index contributed by atoms with van der Waals surface area (Å²) in [5, 5.41) is 1.52. The summed E-state index contributed by atoms with van der Waals surface area (Å²) in [7, 11) is 0. The zero-order valence-corrected chi connectivity index (χ0v) is 8.85. The summed E-state index contributed by atoms with van der Waals surface area (Å²) in [5.41, 5.74) is 0. The van der Waals surface area contributed by atoms with Gasteiger partial charge in [0.1, 0.15) is 12.4 Å². The van der Waals surface area contributed by atoms with Crippen LogP contribution in [0.2, 0.25) is 0 Å². The lowest BCUT2D eigenvalue weighted by Crippen LogP contribution is -2.36. The molecule has 0 saturated heterocycles. The van der Waals surface area contributed by atoms with Crippen molar-refractivity contribution in [3.8, 4) is 5.75 Å². The van der Waals surface area contributed by atoms with E-state index < -0.39 is 42.6 Å². The number of rotatable bonds is 4. The van der Waals surface area contributed by atoms with Crippen LogP contribution in [0.15, 0.2) is 18.2 Å². The Labute approximate surface area is 98.5 Å². The Kier molecular flexibility index (Phi) is 4.46. The van der Waals surface area contributed by atoms with Gasteiger partial charge in [0.15, 0.2) is 18.2 Å². The molecule has 1 aromatic rings. The molecular formula is C10H8F5NO2. The van der Waals surface area contributed by atoms with Crippen LogP contribution in [0.25, 0.3) is 0 Å². The topological polar surface area (TPSA) is 38.3 Å². The van der Waals surface area contributed by atoms with Gasteiger partial charge in [0.25, 0.3) is 5.91 Å². The number of nitrogens with one attached hydrogen (secondary N) is 1. The van der Waals surface area contributed by atoms with Crippen LogP contribution in [0.5, 0.6) is 5.75 Å². The van der Waals surface area contributed by atoms with Gasteiger partial charge in [0.05, 0.1) is 0 Å². The molecule has 0 radical (unpaired) electrons. The Hall–Kier alpha value is -1.86. The van der Waals surface area contributed by atoms with Crippen molar-refractivity contribution in [2.24, 2.45) is 0 Å². The van der Waals surface area contributed by atoms with Crippen molar-refractivity contribution >= 4 is 5.91 Å². The number of benzene rings is 1. The average Bonchev–Trinajstić information content (AvgIpc) is 2.26. The van der Waals surface area contributed by atoms with Gasteiger partial charge < -0.3 is 10.1 Å². The van der Waals surface area contributed by atoms with Crippen molar-refractivity contribution in [1.82, 2.24) is 5.32 Å². The summed E-state index contributed by atoms with van der Waals surface area (Å²) >= 11 is 0. The molecule has 0 atom stereocenters. The number of amides is 1. The van der Waals surface area contributed by atoms with Crippen molar-refractivity contribution in [2.75, 3.05) is 13.2 Å². The lowest BCUT2D eigenvalue weighted by molar-refractivity contribution is -0.139. The molecule has 0 spiro atoms. The first-order valence-electron chi connectivity index (χ1n) is 4.69. The van der Waals surface area contributed by atoms with E-state index in [1.807, 2.05) is 0 Å². The minimum atomic E-state index is -4.54. The standard InChI is InChI=1S/C10H8F5NO2/c11-6-1-2-7(12)8(3-6)18-4-9(17)16-5-10(13,14)15/h1-3H,4-5H2,(H,16,17). The molecule has 1 N–H and O–H groups in total. The third kappa shape index (κ3) is 4.98. The zero-order valence-electron chi connectivity index (χ0n) is 8.85. The molecule has 0 aliphatic carbocycles. The van der Waals surface area contributed by atoms with E-state index in [1.54, 1.807) is 0 Å². The first kappa shape index (κ1) is 14.2. The monoisotopic (exact) mass is 269 g/mol. The fraction of sp³-hybridized carbons (Fsp3) is 0.300. The molecule has 3 nitrogen and oxygen atoms in total. The summed E-state index contributed by atoms with van der Waals surface area (Å²) < 4.78 is 65.4. The van der Waals surface area contributed by atoms with Gasteiger partial charge in [-0.2, -0.15) is 13.2 Å². The molecule has 0 unspecified atom stereocenters. The van der Waals surface area contributed by atoms with Crippen molar-refractivity contribution in [3.05, 3.63) is 29.8 Å². The Balaban J connectivity index is 2.45. The Bertz CT molecular complexity index is 433. The predicted octanol–water partition coefficient (Wildman–Crippen LogP) is 2.02.